The van der Waals surface area contributed by atoms with Crippen LogP contribution in [-0.4, -0.2) is 43.5 Å². The van der Waals surface area contributed by atoms with Gasteiger partial charge in [0.25, 0.3) is 5.91 Å². The molecule has 1 aromatic carbocycles. The summed E-state index contributed by atoms with van der Waals surface area (Å²) >= 11 is 0. The lowest BCUT2D eigenvalue weighted by atomic mass is 10.1. The summed E-state index contributed by atoms with van der Waals surface area (Å²) in [5.41, 5.74) is 6.67. The second-order valence-corrected chi connectivity index (χ2v) is 4.35. The first kappa shape index (κ1) is 13.2. The Bertz CT molecular complexity index is 502. The highest BCUT2D eigenvalue weighted by atomic mass is 16.5. The van der Waals surface area contributed by atoms with Crippen LogP contribution in [0.1, 0.15) is 16.8 Å². The van der Waals surface area contributed by atoms with Crippen LogP contribution in [-0.2, 0) is 4.79 Å². The molecular formula is C13H17N3O3. The Balaban J connectivity index is 2.21. The topological polar surface area (TPSA) is 84.7 Å². The normalized spacial score (nSPS) is 15.6. The molecule has 1 aromatic rings. The highest BCUT2D eigenvalue weighted by molar-refractivity contribution is 5.97. The summed E-state index contributed by atoms with van der Waals surface area (Å²) in [5, 5.41) is 2.73. The number of rotatable bonds is 2. The largest absolute Gasteiger partial charge is 0.496 e. The second kappa shape index (κ2) is 5.60. The van der Waals surface area contributed by atoms with Crippen molar-refractivity contribution >= 4 is 17.5 Å². The minimum absolute atomic E-state index is 0.0282. The Kier molecular flexibility index (Phi) is 3.89. The van der Waals surface area contributed by atoms with Crippen molar-refractivity contribution in [2.75, 3.05) is 32.5 Å². The number of ether oxygens (including phenoxy) is 1. The maximum atomic E-state index is 12.4. The molecule has 3 N–H and O–H groups in total. The van der Waals surface area contributed by atoms with E-state index in [1.807, 2.05) is 0 Å². The zero-order chi connectivity index (χ0) is 13.8. The predicted molar refractivity (Wildman–Crippen MR) is 70.9 cm³/mol. The summed E-state index contributed by atoms with van der Waals surface area (Å²) < 4.78 is 5.18. The number of methoxy groups -OCH3 is 1. The minimum Gasteiger partial charge on any atom is -0.496 e. The minimum atomic E-state index is -0.145. The van der Waals surface area contributed by atoms with Crippen molar-refractivity contribution in [3.8, 4) is 5.75 Å². The number of nitrogens with one attached hydrogen (secondary N) is 1. The number of carbonyl (C=O) groups excluding carboxylic acids is 2. The Morgan fingerprint density at radius 2 is 2.21 bits per heavy atom. The molecule has 0 bridgehead atoms. The van der Waals surface area contributed by atoms with Gasteiger partial charge in [0.1, 0.15) is 5.75 Å². The molecule has 2 rings (SSSR count). The van der Waals surface area contributed by atoms with Crippen molar-refractivity contribution in [1.29, 1.82) is 0 Å². The lowest BCUT2D eigenvalue weighted by Crippen LogP contribution is -2.34. The van der Waals surface area contributed by atoms with E-state index in [1.165, 1.54) is 7.11 Å². The Hall–Kier alpha value is -2.24. The van der Waals surface area contributed by atoms with Crippen molar-refractivity contribution in [3.05, 3.63) is 23.8 Å². The standard InChI is InChI=1S/C13H17N3O3/c1-19-11-8-9(14)2-3-10(11)13(18)16-6-4-12(17)15-5-7-16/h2-3,8H,4-7,14H2,1H3,(H,15,17). The first-order valence-electron chi connectivity index (χ1n) is 6.11. The van der Waals surface area contributed by atoms with Gasteiger partial charge in [0, 0.05) is 37.8 Å². The Labute approximate surface area is 111 Å². The van der Waals surface area contributed by atoms with E-state index in [0.29, 0.717) is 43.1 Å². The molecule has 1 aliphatic heterocycles. The number of hydrogen-bond acceptors (Lipinski definition) is 4. The summed E-state index contributed by atoms with van der Waals surface area (Å²) in [6.07, 6.45) is 0.322. The molecule has 2 amide bonds. The molecular weight excluding hydrogens is 246 g/mol. The molecule has 0 aromatic heterocycles. The fourth-order valence-electron chi connectivity index (χ4n) is 2.02. The van der Waals surface area contributed by atoms with Crippen LogP contribution < -0.4 is 15.8 Å². The molecule has 1 heterocycles. The van der Waals surface area contributed by atoms with Gasteiger partial charge < -0.3 is 20.7 Å². The average Bonchev–Trinajstić information content (AvgIpc) is 2.62. The van der Waals surface area contributed by atoms with E-state index >= 15 is 0 Å². The first-order valence-corrected chi connectivity index (χ1v) is 6.11. The third kappa shape index (κ3) is 2.96. The van der Waals surface area contributed by atoms with Gasteiger partial charge in [-0.05, 0) is 12.1 Å². The number of nitrogen functional groups attached to an aromatic ring is 1. The van der Waals surface area contributed by atoms with Gasteiger partial charge in [-0.3, -0.25) is 9.59 Å². The maximum absolute atomic E-state index is 12.4. The molecule has 6 nitrogen and oxygen atoms in total. The lowest BCUT2D eigenvalue weighted by molar-refractivity contribution is -0.120. The van der Waals surface area contributed by atoms with Crippen LogP contribution in [0, 0.1) is 0 Å². The quantitative estimate of drug-likeness (QED) is 0.749. The summed E-state index contributed by atoms with van der Waals surface area (Å²) in [5.74, 6) is 0.279. The zero-order valence-corrected chi connectivity index (χ0v) is 10.8. The van der Waals surface area contributed by atoms with Crippen molar-refractivity contribution in [1.82, 2.24) is 10.2 Å². The zero-order valence-electron chi connectivity index (χ0n) is 10.8. The van der Waals surface area contributed by atoms with E-state index in [4.69, 9.17) is 10.5 Å². The van der Waals surface area contributed by atoms with E-state index in [9.17, 15) is 9.59 Å². The first-order chi connectivity index (χ1) is 9.11. The summed E-state index contributed by atoms with van der Waals surface area (Å²) in [7, 11) is 1.50. The molecule has 1 aliphatic rings. The van der Waals surface area contributed by atoms with Gasteiger partial charge in [-0.25, -0.2) is 0 Å². The molecule has 0 radical (unpaired) electrons. The van der Waals surface area contributed by atoms with Gasteiger partial charge in [-0.2, -0.15) is 0 Å². The van der Waals surface area contributed by atoms with Crippen LogP contribution in [0.5, 0.6) is 5.75 Å². The SMILES string of the molecule is COc1cc(N)ccc1C(=O)N1CCNC(=O)CC1. The van der Waals surface area contributed by atoms with Gasteiger partial charge >= 0.3 is 0 Å². The van der Waals surface area contributed by atoms with Crippen LogP contribution >= 0.6 is 0 Å². The molecule has 0 atom stereocenters. The third-order valence-corrected chi connectivity index (χ3v) is 3.06. The van der Waals surface area contributed by atoms with E-state index < -0.39 is 0 Å². The van der Waals surface area contributed by atoms with Crippen LogP contribution in [0.4, 0.5) is 5.69 Å². The number of hydrogen-bond donors (Lipinski definition) is 2. The number of carbonyl (C=O) groups is 2. The molecule has 6 heteroatoms. The van der Waals surface area contributed by atoms with Crippen molar-refractivity contribution in [2.24, 2.45) is 0 Å². The molecule has 0 unspecified atom stereocenters. The van der Waals surface area contributed by atoms with Gasteiger partial charge in [0.2, 0.25) is 5.91 Å². The lowest BCUT2D eigenvalue weighted by Gasteiger charge is -2.20. The fraction of sp³-hybridized carbons (Fsp3) is 0.385. The molecule has 0 saturated carbocycles. The highest BCUT2D eigenvalue weighted by Crippen LogP contribution is 2.23. The number of amides is 2. The summed E-state index contributed by atoms with van der Waals surface area (Å²) in [6.45, 7) is 1.39. The van der Waals surface area contributed by atoms with Gasteiger partial charge in [-0.1, -0.05) is 0 Å². The fourth-order valence-corrected chi connectivity index (χ4v) is 2.02. The van der Waals surface area contributed by atoms with Crippen molar-refractivity contribution in [3.63, 3.8) is 0 Å². The van der Waals surface area contributed by atoms with Gasteiger partial charge in [-0.15, -0.1) is 0 Å². The van der Waals surface area contributed by atoms with Gasteiger partial charge in [0.05, 0.1) is 12.7 Å². The smallest absolute Gasteiger partial charge is 0.257 e. The summed E-state index contributed by atoms with van der Waals surface area (Å²) in [6, 6.07) is 4.93. The number of nitrogens with two attached hydrogens (primary N) is 1. The maximum Gasteiger partial charge on any atom is 0.257 e. The molecule has 1 saturated heterocycles. The summed E-state index contributed by atoms with van der Waals surface area (Å²) in [4.78, 5) is 25.3. The molecule has 0 spiro atoms. The number of benzene rings is 1. The van der Waals surface area contributed by atoms with Crippen LogP contribution in [0.3, 0.4) is 0 Å². The Morgan fingerprint density at radius 3 is 2.95 bits per heavy atom. The Morgan fingerprint density at radius 1 is 1.42 bits per heavy atom. The highest BCUT2D eigenvalue weighted by Gasteiger charge is 2.22. The van der Waals surface area contributed by atoms with E-state index in [2.05, 4.69) is 5.32 Å². The average molecular weight is 263 g/mol. The van der Waals surface area contributed by atoms with Crippen LogP contribution in [0.2, 0.25) is 0 Å². The monoisotopic (exact) mass is 263 g/mol. The van der Waals surface area contributed by atoms with Crippen LogP contribution in [0.15, 0.2) is 18.2 Å². The molecule has 0 aliphatic carbocycles. The number of anilines is 1. The molecule has 1 fully saturated rings. The third-order valence-electron chi connectivity index (χ3n) is 3.06. The van der Waals surface area contributed by atoms with E-state index in [1.54, 1.807) is 23.1 Å². The van der Waals surface area contributed by atoms with Gasteiger partial charge in [0.15, 0.2) is 0 Å². The van der Waals surface area contributed by atoms with E-state index in [0.717, 1.165) is 0 Å². The van der Waals surface area contributed by atoms with Crippen LogP contribution in [0.25, 0.3) is 0 Å². The predicted octanol–water partition coefficient (Wildman–Crippen LogP) is 0.240. The molecule has 102 valence electrons. The van der Waals surface area contributed by atoms with Crippen molar-refractivity contribution in [2.45, 2.75) is 6.42 Å². The van der Waals surface area contributed by atoms with E-state index in [-0.39, 0.29) is 11.8 Å². The second-order valence-electron chi connectivity index (χ2n) is 4.35. The number of nitrogens with zero attached hydrogens (tertiary/aromatic N) is 1. The molecule has 19 heavy (non-hydrogen) atoms. The van der Waals surface area contributed by atoms with Crippen molar-refractivity contribution < 1.29 is 14.3 Å².